The maximum atomic E-state index is 12.6. The SMILES string of the molecule is CC[C@H](Sc1nc2ccccc2o1)C(=O)NCC1(CO)CCOCC1. The van der Waals surface area contributed by atoms with Crippen molar-refractivity contribution in [2.24, 2.45) is 5.41 Å². The summed E-state index contributed by atoms with van der Waals surface area (Å²) >= 11 is 1.34. The van der Waals surface area contributed by atoms with E-state index >= 15 is 0 Å². The lowest BCUT2D eigenvalue weighted by Gasteiger charge is -2.35. The van der Waals surface area contributed by atoms with Crippen LogP contribution in [-0.4, -0.2) is 47.6 Å². The van der Waals surface area contributed by atoms with Crippen LogP contribution in [0.3, 0.4) is 0 Å². The normalized spacial score (nSPS) is 18.2. The summed E-state index contributed by atoms with van der Waals surface area (Å²) in [5.74, 6) is -0.0472. The van der Waals surface area contributed by atoms with Crippen molar-refractivity contribution < 1.29 is 19.1 Å². The molecule has 1 fully saturated rings. The number of para-hydroxylation sites is 2. The highest BCUT2D eigenvalue weighted by molar-refractivity contribution is 8.00. The molecule has 0 aliphatic carbocycles. The van der Waals surface area contributed by atoms with Gasteiger partial charge < -0.3 is 19.6 Å². The first kappa shape index (κ1) is 18.2. The summed E-state index contributed by atoms with van der Waals surface area (Å²) in [6.07, 6.45) is 2.20. The molecule has 0 unspecified atom stereocenters. The van der Waals surface area contributed by atoms with E-state index in [4.69, 9.17) is 9.15 Å². The van der Waals surface area contributed by atoms with Crippen LogP contribution < -0.4 is 5.32 Å². The first-order valence-electron chi connectivity index (χ1n) is 8.64. The van der Waals surface area contributed by atoms with Crippen LogP contribution in [0.25, 0.3) is 11.1 Å². The van der Waals surface area contributed by atoms with Crippen LogP contribution in [0.5, 0.6) is 0 Å². The highest BCUT2D eigenvalue weighted by Crippen LogP contribution is 2.31. The number of ether oxygens (including phenoxy) is 1. The quantitative estimate of drug-likeness (QED) is 0.735. The second kappa shape index (κ2) is 8.21. The van der Waals surface area contributed by atoms with Crippen LogP contribution >= 0.6 is 11.8 Å². The molecule has 3 rings (SSSR count). The van der Waals surface area contributed by atoms with Gasteiger partial charge in [0.15, 0.2) is 5.58 Å². The van der Waals surface area contributed by atoms with E-state index in [2.05, 4.69) is 10.3 Å². The Kier molecular flexibility index (Phi) is 5.98. The van der Waals surface area contributed by atoms with Gasteiger partial charge in [0.1, 0.15) is 5.52 Å². The molecule has 1 amide bonds. The average Bonchev–Trinajstić information content (AvgIpc) is 3.07. The molecule has 0 saturated carbocycles. The third-order valence-corrected chi connectivity index (χ3v) is 5.92. The fourth-order valence-corrected chi connectivity index (χ4v) is 3.82. The molecule has 1 saturated heterocycles. The Hall–Kier alpha value is -1.57. The van der Waals surface area contributed by atoms with Crippen molar-refractivity contribution in [1.82, 2.24) is 10.3 Å². The van der Waals surface area contributed by atoms with Gasteiger partial charge in [0.25, 0.3) is 5.22 Å². The highest BCUT2D eigenvalue weighted by Gasteiger charge is 2.33. The molecule has 2 heterocycles. The molecule has 1 aromatic carbocycles. The molecule has 7 heteroatoms. The zero-order valence-corrected chi connectivity index (χ0v) is 15.2. The third-order valence-electron chi connectivity index (χ3n) is 4.71. The van der Waals surface area contributed by atoms with Crippen molar-refractivity contribution in [3.63, 3.8) is 0 Å². The van der Waals surface area contributed by atoms with Gasteiger partial charge in [0.2, 0.25) is 5.91 Å². The summed E-state index contributed by atoms with van der Waals surface area (Å²) in [4.78, 5) is 17.0. The number of fused-ring (bicyclic) bond motifs is 1. The fourth-order valence-electron chi connectivity index (χ4n) is 2.93. The molecular weight excluding hydrogens is 340 g/mol. The Labute approximate surface area is 151 Å². The van der Waals surface area contributed by atoms with Gasteiger partial charge in [-0.3, -0.25) is 4.79 Å². The first-order chi connectivity index (χ1) is 12.2. The lowest BCUT2D eigenvalue weighted by Crippen LogP contribution is -2.45. The van der Waals surface area contributed by atoms with Crippen LogP contribution in [-0.2, 0) is 9.53 Å². The minimum absolute atomic E-state index is 0.0472. The van der Waals surface area contributed by atoms with Crippen molar-refractivity contribution in [3.8, 4) is 0 Å². The van der Waals surface area contributed by atoms with Crippen molar-refractivity contribution in [3.05, 3.63) is 24.3 Å². The molecule has 6 nitrogen and oxygen atoms in total. The maximum absolute atomic E-state index is 12.6. The molecule has 0 spiro atoms. The standard InChI is InChI=1S/C18H24N2O4S/c1-2-15(25-17-20-13-5-3-4-6-14(13)24-17)16(22)19-11-18(12-21)7-9-23-10-8-18/h3-6,15,21H,2,7-12H2,1H3,(H,19,22)/t15-/m0/s1. The fraction of sp³-hybridized carbons (Fsp3) is 0.556. The minimum Gasteiger partial charge on any atom is -0.431 e. The molecule has 0 bridgehead atoms. The Balaban J connectivity index is 1.60. The Morgan fingerprint density at radius 1 is 1.40 bits per heavy atom. The van der Waals surface area contributed by atoms with Gasteiger partial charge in [-0.15, -0.1) is 0 Å². The van der Waals surface area contributed by atoms with E-state index < -0.39 is 0 Å². The van der Waals surface area contributed by atoms with Gasteiger partial charge in [-0.05, 0) is 31.4 Å². The van der Waals surface area contributed by atoms with Crippen LogP contribution in [0.1, 0.15) is 26.2 Å². The van der Waals surface area contributed by atoms with Crippen molar-refractivity contribution in [1.29, 1.82) is 0 Å². The second-order valence-corrected chi connectivity index (χ2v) is 7.60. The molecule has 0 radical (unpaired) electrons. The first-order valence-corrected chi connectivity index (χ1v) is 9.52. The predicted octanol–water partition coefficient (Wildman–Crippen LogP) is 2.60. The lowest BCUT2D eigenvalue weighted by molar-refractivity contribution is -0.121. The summed E-state index contributed by atoms with van der Waals surface area (Å²) < 4.78 is 11.1. The number of nitrogens with one attached hydrogen (secondary N) is 1. The molecule has 1 aliphatic rings. The third kappa shape index (κ3) is 4.34. The Morgan fingerprint density at radius 3 is 2.84 bits per heavy atom. The molecule has 1 aliphatic heterocycles. The van der Waals surface area contributed by atoms with Gasteiger partial charge in [-0.25, -0.2) is 4.98 Å². The number of hydrogen-bond donors (Lipinski definition) is 2. The monoisotopic (exact) mass is 364 g/mol. The van der Waals surface area contributed by atoms with E-state index in [9.17, 15) is 9.90 Å². The van der Waals surface area contributed by atoms with Gasteiger partial charge in [-0.2, -0.15) is 0 Å². The molecule has 25 heavy (non-hydrogen) atoms. The number of amides is 1. The zero-order chi connectivity index (χ0) is 17.7. The van der Waals surface area contributed by atoms with Crippen LogP contribution in [0.15, 0.2) is 33.9 Å². The number of thioether (sulfide) groups is 1. The number of hydrogen-bond acceptors (Lipinski definition) is 6. The van der Waals surface area contributed by atoms with Gasteiger partial charge in [0, 0.05) is 25.2 Å². The molecular formula is C18H24N2O4S. The average molecular weight is 364 g/mol. The number of aliphatic hydroxyl groups is 1. The van der Waals surface area contributed by atoms with E-state index in [0.717, 1.165) is 23.9 Å². The number of carbonyl (C=O) groups excluding carboxylic acids is 1. The van der Waals surface area contributed by atoms with E-state index in [1.165, 1.54) is 11.8 Å². The number of carbonyl (C=O) groups is 1. The molecule has 2 N–H and O–H groups in total. The minimum atomic E-state index is -0.274. The number of nitrogens with zero attached hydrogens (tertiary/aromatic N) is 1. The lowest BCUT2D eigenvalue weighted by atomic mass is 9.81. The van der Waals surface area contributed by atoms with Gasteiger partial charge >= 0.3 is 0 Å². The zero-order valence-electron chi connectivity index (χ0n) is 14.4. The Morgan fingerprint density at radius 2 is 2.16 bits per heavy atom. The van der Waals surface area contributed by atoms with Crippen molar-refractivity contribution in [2.45, 2.75) is 36.7 Å². The van der Waals surface area contributed by atoms with Crippen LogP contribution in [0, 0.1) is 5.41 Å². The van der Waals surface area contributed by atoms with Crippen molar-refractivity contribution in [2.75, 3.05) is 26.4 Å². The molecule has 1 aromatic heterocycles. The number of aromatic nitrogens is 1. The number of rotatable bonds is 7. The molecule has 136 valence electrons. The van der Waals surface area contributed by atoms with Crippen molar-refractivity contribution >= 4 is 28.8 Å². The predicted molar refractivity (Wildman–Crippen MR) is 96.5 cm³/mol. The topological polar surface area (TPSA) is 84.6 Å². The second-order valence-electron chi connectivity index (χ2n) is 6.45. The number of oxazole rings is 1. The summed E-state index contributed by atoms with van der Waals surface area (Å²) in [5.41, 5.74) is 1.25. The van der Waals surface area contributed by atoms with E-state index in [1.54, 1.807) is 0 Å². The summed E-state index contributed by atoms with van der Waals surface area (Å²) in [6.45, 7) is 3.76. The summed E-state index contributed by atoms with van der Waals surface area (Å²) in [7, 11) is 0. The maximum Gasteiger partial charge on any atom is 0.257 e. The summed E-state index contributed by atoms with van der Waals surface area (Å²) in [5, 5.41) is 13.0. The Bertz CT molecular complexity index is 679. The summed E-state index contributed by atoms with van der Waals surface area (Å²) in [6, 6.07) is 7.56. The number of benzene rings is 1. The molecule has 2 aromatic rings. The van der Waals surface area contributed by atoms with E-state index in [1.807, 2.05) is 31.2 Å². The van der Waals surface area contributed by atoms with Crippen LogP contribution in [0.4, 0.5) is 0 Å². The molecule has 1 atom stereocenters. The highest BCUT2D eigenvalue weighted by atomic mass is 32.2. The van der Waals surface area contributed by atoms with Gasteiger partial charge in [0.05, 0.1) is 11.9 Å². The smallest absolute Gasteiger partial charge is 0.257 e. The van der Waals surface area contributed by atoms with Crippen LogP contribution in [0.2, 0.25) is 0 Å². The van der Waals surface area contributed by atoms with Gasteiger partial charge in [-0.1, -0.05) is 30.8 Å². The van der Waals surface area contributed by atoms with E-state index in [0.29, 0.717) is 31.4 Å². The number of aliphatic hydroxyl groups excluding tert-OH is 1. The largest absolute Gasteiger partial charge is 0.431 e. The van der Waals surface area contributed by atoms with E-state index in [-0.39, 0.29) is 23.2 Å².